The van der Waals surface area contributed by atoms with Crippen LogP contribution in [0.3, 0.4) is 0 Å². The second kappa shape index (κ2) is 4.86. The van der Waals surface area contributed by atoms with Crippen molar-refractivity contribution in [1.82, 2.24) is 0 Å². The van der Waals surface area contributed by atoms with Gasteiger partial charge in [-0.25, -0.2) is 8.42 Å². The van der Waals surface area contributed by atoms with Crippen LogP contribution in [0.25, 0.3) is 0 Å². The monoisotopic (exact) mass is 257 g/mol. The molecule has 0 saturated carbocycles. The van der Waals surface area contributed by atoms with E-state index in [1.165, 1.54) is 6.07 Å². The number of nitrogens with zero attached hydrogens (tertiary/aromatic N) is 1. The number of hydrogen-bond donors (Lipinski definition) is 0. The molecule has 1 aromatic carbocycles. The van der Waals surface area contributed by atoms with Crippen molar-refractivity contribution in [1.29, 1.82) is 5.26 Å². The highest BCUT2D eigenvalue weighted by molar-refractivity contribution is 8.13. The van der Waals surface area contributed by atoms with E-state index in [-0.39, 0.29) is 4.90 Å². The van der Waals surface area contributed by atoms with Gasteiger partial charge in [0, 0.05) is 10.7 Å². The Labute approximate surface area is 100 Å². The molecule has 1 rings (SSSR count). The van der Waals surface area contributed by atoms with Gasteiger partial charge in [0.1, 0.15) is 0 Å². The van der Waals surface area contributed by atoms with Crippen molar-refractivity contribution in [3.63, 3.8) is 0 Å². The smallest absolute Gasteiger partial charge is 0.207 e. The second-order valence-corrected chi connectivity index (χ2v) is 5.91. The molecule has 0 saturated heterocycles. The molecule has 0 aliphatic rings. The van der Waals surface area contributed by atoms with Crippen LogP contribution in [0.2, 0.25) is 0 Å². The predicted octanol–water partition coefficient (Wildman–Crippen LogP) is 2.61. The van der Waals surface area contributed by atoms with Crippen molar-refractivity contribution in [3.8, 4) is 6.07 Å². The average molecular weight is 258 g/mol. The molecular weight excluding hydrogens is 246 g/mol. The molecule has 0 aliphatic carbocycles. The van der Waals surface area contributed by atoms with Gasteiger partial charge >= 0.3 is 0 Å². The Hall–Kier alpha value is -1.05. The predicted molar refractivity (Wildman–Crippen MR) is 63.0 cm³/mol. The van der Waals surface area contributed by atoms with Gasteiger partial charge in [0.05, 0.1) is 16.5 Å². The van der Waals surface area contributed by atoms with Crippen LogP contribution in [0.1, 0.15) is 30.5 Å². The van der Waals surface area contributed by atoms with E-state index in [0.717, 1.165) is 5.56 Å². The molecule has 0 aliphatic heterocycles. The molecule has 0 atom stereocenters. The summed E-state index contributed by atoms with van der Waals surface area (Å²) in [6, 6.07) is 5.09. The lowest BCUT2D eigenvalue weighted by atomic mass is 10.0. The first kappa shape index (κ1) is 13.0. The van der Waals surface area contributed by atoms with Gasteiger partial charge in [-0.05, 0) is 30.0 Å². The van der Waals surface area contributed by atoms with Crippen LogP contribution >= 0.6 is 10.7 Å². The number of aryl methyl sites for hydroxylation is 2. The first-order valence-electron chi connectivity index (χ1n) is 4.94. The minimum atomic E-state index is -3.78. The Bertz CT molecular complexity index is 544. The maximum absolute atomic E-state index is 11.3. The summed E-state index contributed by atoms with van der Waals surface area (Å²) in [5, 5.41) is 8.92. The molecule has 0 N–H and O–H groups in total. The zero-order valence-corrected chi connectivity index (χ0v) is 10.7. The van der Waals surface area contributed by atoms with Crippen molar-refractivity contribution >= 4 is 19.7 Å². The number of halogens is 1. The summed E-state index contributed by atoms with van der Waals surface area (Å²) in [5.41, 5.74) is 1.88. The summed E-state index contributed by atoms with van der Waals surface area (Å²) in [6.45, 7) is 3.77. The van der Waals surface area contributed by atoms with Crippen molar-refractivity contribution in [2.45, 2.75) is 31.6 Å². The van der Waals surface area contributed by atoms with Crippen LogP contribution in [0.5, 0.6) is 0 Å². The highest BCUT2D eigenvalue weighted by Crippen LogP contribution is 2.25. The van der Waals surface area contributed by atoms with E-state index in [0.29, 0.717) is 24.0 Å². The molecule has 1 aromatic rings. The summed E-state index contributed by atoms with van der Waals surface area (Å²) in [7, 11) is 1.55. The van der Waals surface area contributed by atoms with Gasteiger partial charge in [-0.1, -0.05) is 19.9 Å². The number of rotatable bonds is 3. The zero-order valence-electron chi connectivity index (χ0n) is 9.12. The molecule has 16 heavy (non-hydrogen) atoms. The molecule has 0 bridgehead atoms. The van der Waals surface area contributed by atoms with Crippen molar-refractivity contribution < 1.29 is 8.42 Å². The summed E-state index contributed by atoms with van der Waals surface area (Å²) in [5.74, 6) is 0. The zero-order chi connectivity index (χ0) is 12.3. The van der Waals surface area contributed by atoms with E-state index in [4.69, 9.17) is 15.9 Å². The van der Waals surface area contributed by atoms with E-state index in [2.05, 4.69) is 0 Å². The fraction of sp³-hybridized carbons (Fsp3) is 0.364. The van der Waals surface area contributed by atoms with Crippen LogP contribution in [-0.2, 0) is 21.9 Å². The Balaban J connectivity index is 3.58. The molecule has 0 fully saturated rings. The average Bonchev–Trinajstić information content (AvgIpc) is 2.25. The van der Waals surface area contributed by atoms with E-state index in [1.807, 2.05) is 19.9 Å². The van der Waals surface area contributed by atoms with Crippen LogP contribution < -0.4 is 0 Å². The third kappa shape index (κ3) is 2.55. The Morgan fingerprint density at radius 1 is 1.25 bits per heavy atom. The van der Waals surface area contributed by atoms with E-state index in [1.54, 1.807) is 6.07 Å². The molecule has 3 nitrogen and oxygen atoms in total. The van der Waals surface area contributed by atoms with Gasteiger partial charge in [0.2, 0.25) is 0 Å². The maximum Gasteiger partial charge on any atom is 0.261 e. The Morgan fingerprint density at radius 3 is 2.19 bits per heavy atom. The topological polar surface area (TPSA) is 57.9 Å². The molecule has 0 spiro atoms. The highest BCUT2D eigenvalue weighted by atomic mass is 35.7. The van der Waals surface area contributed by atoms with Gasteiger partial charge in [-0.3, -0.25) is 0 Å². The standard InChI is InChI=1S/C11H12ClNO2S/c1-3-8-5-9(4-2)11(16(12,14)15)6-10(8)7-13/h5-6H,3-4H2,1-2H3. The molecule has 0 radical (unpaired) electrons. The van der Waals surface area contributed by atoms with Crippen molar-refractivity contribution in [2.75, 3.05) is 0 Å². The van der Waals surface area contributed by atoms with Gasteiger partial charge in [-0.2, -0.15) is 5.26 Å². The van der Waals surface area contributed by atoms with Crippen LogP contribution in [0, 0.1) is 11.3 Å². The third-order valence-corrected chi connectivity index (χ3v) is 3.84. The number of benzene rings is 1. The minimum absolute atomic E-state index is 0.0467. The summed E-state index contributed by atoms with van der Waals surface area (Å²) in [4.78, 5) is 0.0467. The molecule has 0 unspecified atom stereocenters. The lowest BCUT2D eigenvalue weighted by Gasteiger charge is -2.08. The largest absolute Gasteiger partial charge is 0.261 e. The molecule has 86 valence electrons. The highest BCUT2D eigenvalue weighted by Gasteiger charge is 2.17. The fourth-order valence-electron chi connectivity index (χ4n) is 1.58. The summed E-state index contributed by atoms with van der Waals surface area (Å²) in [6.07, 6.45) is 1.26. The maximum atomic E-state index is 11.3. The van der Waals surface area contributed by atoms with E-state index in [9.17, 15) is 8.42 Å². The lowest BCUT2D eigenvalue weighted by molar-refractivity contribution is 0.608. The summed E-state index contributed by atoms with van der Waals surface area (Å²) < 4.78 is 22.7. The summed E-state index contributed by atoms with van der Waals surface area (Å²) >= 11 is 0. The Kier molecular flexibility index (Phi) is 3.95. The van der Waals surface area contributed by atoms with Crippen LogP contribution in [0.15, 0.2) is 17.0 Å². The quantitative estimate of drug-likeness (QED) is 0.782. The minimum Gasteiger partial charge on any atom is -0.207 e. The van der Waals surface area contributed by atoms with E-state index < -0.39 is 9.05 Å². The first-order valence-corrected chi connectivity index (χ1v) is 7.25. The molecule has 5 heteroatoms. The van der Waals surface area contributed by atoms with Crippen LogP contribution in [-0.4, -0.2) is 8.42 Å². The Morgan fingerprint density at radius 2 is 1.81 bits per heavy atom. The molecular formula is C11H12ClNO2S. The van der Waals surface area contributed by atoms with Gasteiger partial charge in [0.25, 0.3) is 9.05 Å². The lowest BCUT2D eigenvalue weighted by Crippen LogP contribution is -2.01. The van der Waals surface area contributed by atoms with Gasteiger partial charge < -0.3 is 0 Å². The first-order chi connectivity index (χ1) is 7.43. The van der Waals surface area contributed by atoms with E-state index >= 15 is 0 Å². The third-order valence-electron chi connectivity index (χ3n) is 2.43. The van der Waals surface area contributed by atoms with Gasteiger partial charge in [0.15, 0.2) is 0 Å². The molecule has 0 amide bonds. The number of hydrogen-bond acceptors (Lipinski definition) is 3. The van der Waals surface area contributed by atoms with Crippen molar-refractivity contribution in [2.24, 2.45) is 0 Å². The molecule has 0 aromatic heterocycles. The molecule has 0 heterocycles. The van der Waals surface area contributed by atoms with Gasteiger partial charge in [-0.15, -0.1) is 0 Å². The SMILES string of the molecule is CCc1cc(CC)c(S(=O)(=O)Cl)cc1C#N. The normalized spacial score (nSPS) is 11.1. The fourth-order valence-corrected chi connectivity index (χ4v) is 2.78. The number of nitriles is 1. The van der Waals surface area contributed by atoms with Crippen LogP contribution in [0.4, 0.5) is 0 Å². The second-order valence-electron chi connectivity index (χ2n) is 3.37. The van der Waals surface area contributed by atoms with Crippen molar-refractivity contribution in [3.05, 3.63) is 28.8 Å².